The molecule has 1 aromatic heterocycles. The van der Waals surface area contributed by atoms with Gasteiger partial charge in [0.05, 0.1) is 12.6 Å². The molecule has 1 aromatic rings. The van der Waals surface area contributed by atoms with Crippen molar-refractivity contribution in [3.63, 3.8) is 0 Å². The van der Waals surface area contributed by atoms with Crippen molar-refractivity contribution in [2.24, 2.45) is 0 Å². The van der Waals surface area contributed by atoms with Gasteiger partial charge in [0, 0.05) is 25.9 Å². The smallest absolute Gasteiger partial charge is 0.129 e. The van der Waals surface area contributed by atoms with Crippen molar-refractivity contribution in [3.8, 4) is 0 Å². The van der Waals surface area contributed by atoms with Gasteiger partial charge in [0.15, 0.2) is 0 Å². The van der Waals surface area contributed by atoms with Crippen LogP contribution < -0.4 is 10.2 Å². The average Bonchev–Trinajstić information content (AvgIpc) is 2.91. The van der Waals surface area contributed by atoms with Crippen molar-refractivity contribution in [2.75, 3.05) is 32.2 Å². The summed E-state index contributed by atoms with van der Waals surface area (Å²) in [4.78, 5) is 7.06. The molecule has 1 aliphatic rings. The predicted octanol–water partition coefficient (Wildman–Crippen LogP) is 2.15. The summed E-state index contributed by atoms with van der Waals surface area (Å²) in [5.41, 5.74) is 2.45. The van der Waals surface area contributed by atoms with Gasteiger partial charge < -0.3 is 15.0 Å². The number of nitrogens with one attached hydrogen (secondary N) is 1. The maximum absolute atomic E-state index is 5.47. The van der Waals surface area contributed by atoms with Gasteiger partial charge in [-0.1, -0.05) is 13.8 Å². The molecular formula is C15H25N3O. The van der Waals surface area contributed by atoms with Crippen LogP contribution in [0.5, 0.6) is 0 Å². The van der Waals surface area contributed by atoms with Gasteiger partial charge in [-0.25, -0.2) is 4.98 Å². The molecule has 1 unspecified atom stereocenters. The molecule has 1 aliphatic heterocycles. The van der Waals surface area contributed by atoms with Crippen LogP contribution in [-0.4, -0.2) is 38.3 Å². The highest BCUT2D eigenvalue weighted by Crippen LogP contribution is 2.23. The Labute approximate surface area is 116 Å². The summed E-state index contributed by atoms with van der Waals surface area (Å²) >= 11 is 0. The second-order valence-corrected chi connectivity index (χ2v) is 5.57. The lowest BCUT2D eigenvalue weighted by atomic mass is 10.1. The standard InChI is InChI=1S/C15H25N3O/c1-11(2)14-7-12(9-16-3)8-15(17-14)18(4)13-5-6-19-10-13/h7-8,11,13,16H,5-6,9-10H2,1-4H3. The first-order chi connectivity index (χ1) is 9.11. The Kier molecular flexibility index (Phi) is 4.77. The third-order valence-corrected chi connectivity index (χ3v) is 3.68. The van der Waals surface area contributed by atoms with E-state index in [1.165, 1.54) is 5.56 Å². The van der Waals surface area contributed by atoms with Crippen LogP contribution in [0.2, 0.25) is 0 Å². The lowest BCUT2D eigenvalue weighted by Crippen LogP contribution is -2.32. The first-order valence-electron chi connectivity index (χ1n) is 7.08. The van der Waals surface area contributed by atoms with E-state index in [9.17, 15) is 0 Å². The molecule has 2 rings (SSSR count). The fourth-order valence-electron chi connectivity index (χ4n) is 2.39. The van der Waals surface area contributed by atoms with E-state index in [0.29, 0.717) is 12.0 Å². The predicted molar refractivity (Wildman–Crippen MR) is 78.7 cm³/mol. The van der Waals surface area contributed by atoms with E-state index in [-0.39, 0.29) is 0 Å². The molecule has 2 heterocycles. The van der Waals surface area contributed by atoms with Crippen molar-refractivity contribution in [1.82, 2.24) is 10.3 Å². The average molecular weight is 263 g/mol. The van der Waals surface area contributed by atoms with Crippen LogP contribution in [0.15, 0.2) is 12.1 Å². The number of nitrogens with zero attached hydrogens (tertiary/aromatic N) is 2. The third-order valence-electron chi connectivity index (χ3n) is 3.68. The van der Waals surface area contributed by atoms with Gasteiger partial charge in [-0.3, -0.25) is 0 Å². The monoisotopic (exact) mass is 263 g/mol. The van der Waals surface area contributed by atoms with E-state index in [1.807, 2.05) is 7.05 Å². The van der Waals surface area contributed by atoms with Gasteiger partial charge in [0.25, 0.3) is 0 Å². The molecule has 1 fully saturated rings. The van der Waals surface area contributed by atoms with Gasteiger partial charge in [0.2, 0.25) is 0 Å². The topological polar surface area (TPSA) is 37.4 Å². The van der Waals surface area contributed by atoms with E-state index in [1.54, 1.807) is 0 Å². The molecule has 106 valence electrons. The maximum atomic E-state index is 5.47. The molecule has 1 saturated heterocycles. The van der Waals surface area contributed by atoms with Crippen LogP contribution in [0.4, 0.5) is 5.82 Å². The van der Waals surface area contributed by atoms with E-state index < -0.39 is 0 Å². The van der Waals surface area contributed by atoms with Crippen molar-refractivity contribution in [3.05, 3.63) is 23.4 Å². The van der Waals surface area contributed by atoms with Crippen LogP contribution in [0.25, 0.3) is 0 Å². The maximum Gasteiger partial charge on any atom is 0.129 e. The lowest BCUT2D eigenvalue weighted by molar-refractivity contribution is 0.193. The molecule has 0 aromatic carbocycles. The highest BCUT2D eigenvalue weighted by atomic mass is 16.5. The minimum absolute atomic E-state index is 0.448. The van der Waals surface area contributed by atoms with Gasteiger partial charge in [0.1, 0.15) is 5.82 Å². The molecule has 0 saturated carbocycles. The number of pyridine rings is 1. The minimum Gasteiger partial charge on any atom is -0.379 e. The van der Waals surface area contributed by atoms with Crippen molar-refractivity contribution >= 4 is 5.82 Å². The fourth-order valence-corrected chi connectivity index (χ4v) is 2.39. The SMILES string of the molecule is CNCc1cc(C(C)C)nc(N(C)C2CCOC2)c1. The van der Waals surface area contributed by atoms with Crippen LogP contribution in [0.1, 0.15) is 37.4 Å². The summed E-state index contributed by atoms with van der Waals surface area (Å²) in [5, 5.41) is 3.21. The Balaban J connectivity index is 2.26. The quantitative estimate of drug-likeness (QED) is 0.883. The van der Waals surface area contributed by atoms with Crippen LogP contribution in [0, 0.1) is 0 Å². The number of hydrogen-bond donors (Lipinski definition) is 1. The Hall–Kier alpha value is -1.13. The normalized spacial score (nSPS) is 19.1. The molecule has 4 nitrogen and oxygen atoms in total. The number of rotatable bonds is 5. The van der Waals surface area contributed by atoms with E-state index >= 15 is 0 Å². The summed E-state index contributed by atoms with van der Waals surface area (Å²) < 4.78 is 5.47. The molecule has 0 amide bonds. The molecular weight excluding hydrogens is 238 g/mol. The Bertz CT molecular complexity index is 414. The van der Waals surface area contributed by atoms with Crippen molar-refractivity contribution in [2.45, 2.75) is 38.8 Å². The second kappa shape index (κ2) is 6.35. The molecule has 0 bridgehead atoms. The first kappa shape index (κ1) is 14.3. The highest BCUT2D eigenvalue weighted by molar-refractivity contribution is 5.44. The van der Waals surface area contributed by atoms with Gasteiger partial charge in [-0.2, -0.15) is 0 Å². The molecule has 1 atom stereocenters. The van der Waals surface area contributed by atoms with Gasteiger partial charge in [-0.05, 0) is 37.1 Å². The van der Waals surface area contributed by atoms with Gasteiger partial charge >= 0.3 is 0 Å². The first-order valence-corrected chi connectivity index (χ1v) is 7.08. The molecule has 0 radical (unpaired) electrons. The highest BCUT2D eigenvalue weighted by Gasteiger charge is 2.22. The van der Waals surface area contributed by atoms with E-state index in [4.69, 9.17) is 9.72 Å². The summed E-state index contributed by atoms with van der Waals surface area (Å²) in [7, 11) is 4.10. The largest absolute Gasteiger partial charge is 0.379 e. The van der Waals surface area contributed by atoms with Crippen LogP contribution in [-0.2, 0) is 11.3 Å². The number of hydrogen-bond acceptors (Lipinski definition) is 4. The Morgan fingerprint density at radius 1 is 1.47 bits per heavy atom. The Morgan fingerprint density at radius 2 is 2.26 bits per heavy atom. The molecule has 4 heteroatoms. The molecule has 0 aliphatic carbocycles. The number of anilines is 1. The molecule has 19 heavy (non-hydrogen) atoms. The summed E-state index contributed by atoms with van der Waals surface area (Å²) in [5.74, 6) is 1.51. The van der Waals surface area contributed by atoms with Crippen molar-refractivity contribution < 1.29 is 4.74 Å². The lowest BCUT2D eigenvalue weighted by Gasteiger charge is -2.25. The van der Waals surface area contributed by atoms with Crippen LogP contribution >= 0.6 is 0 Å². The zero-order valence-electron chi connectivity index (χ0n) is 12.4. The van der Waals surface area contributed by atoms with Crippen LogP contribution in [0.3, 0.4) is 0 Å². The molecule has 1 N–H and O–H groups in total. The second-order valence-electron chi connectivity index (χ2n) is 5.57. The summed E-state index contributed by atoms with van der Waals surface area (Å²) in [6.45, 7) is 6.93. The fraction of sp³-hybridized carbons (Fsp3) is 0.667. The number of likely N-dealkylation sites (N-methyl/N-ethyl adjacent to an activating group) is 1. The molecule has 0 spiro atoms. The minimum atomic E-state index is 0.448. The third kappa shape index (κ3) is 3.45. The number of ether oxygens (including phenoxy) is 1. The number of aromatic nitrogens is 1. The zero-order valence-corrected chi connectivity index (χ0v) is 12.4. The summed E-state index contributed by atoms with van der Waals surface area (Å²) in [6, 6.07) is 4.84. The summed E-state index contributed by atoms with van der Waals surface area (Å²) in [6.07, 6.45) is 1.09. The zero-order chi connectivity index (χ0) is 13.8. The Morgan fingerprint density at radius 3 is 2.84 bits per heavy atom. The van der Waals surface area contributed by atoms with Crippen molar-refractivity contribution in [1.29, 1.82) is 0 Å². The van der Waals surface area contributed by atoms with E-state index in [2.05, 4.69) is 43.2 Å². The van der Waals surface area contributed by atoms with Gasteiger partial charge in [-0.15, -0.1) is 0 Å². The van der Waals surface area contributed by atoms with E-state index in [0.717, 1.165) is 37.7 Å².